The van der Waals surface area contributed by atoms with Crippen LogP contribution in [0.4, 0.5) is 0 Å². The van der Waals surface area contributed by atoms with Crippen LogP contribution in [0.5, 0.6) is 0 Å². The van der Waals surface area contributed by atoms with E-state index in [1.54, 1.807) is 37.4 Å². The molecule has 130 valence electrons. The van der Waals surface area contributed by atoms with Crippen molar-refractivity contribution in [3.8, 4) is 0 Å². The summed E-state index contributed by atoms with van der Waals surface area (Å²) in [6, 6.07) is -0.387. The van der Waals surface area contributed by atoms with Crippen molar-refractivity contribution in [3.63, 3.8) is 0 Å². The molecule has 1 N–H and O–H groups in total. The van der Waals surface area contributed by atoms with Gasteiger partial charge in [-0.05, 0) is 0 Å². The molecule has 0 aliphatic carbocycles. The Kier molecular flexibility index (Phi) is 6.25. The van der Waals surface area contributed by atoms with E-state index in [1.807, 2.05) is 16.7 Å². The lowest BCUT2D eigenvalue weighted by Crippen LogP contribution is -2.53. The Morgan fingerprint density at radius 3 is 2.39 bits per heavy atom. The predicted octanol–water partition coefficient (Wildman–Crippen LogP) is 0.626. The zero-order valence-electron chi connectivity index (χ0n) is 14.0. The van der Waals surface area contributed by atoms with Gasteiger partial charge in [-0.25, -0.2) is 0 Å². The predicted molar refractivity (Wildman–Crippen MR) is 94.3 cm³/mol. The lowest BCUT2D eigenvalue weighted by molar-refractivity contribution is -0.143. The number of thioether (sulfide) groups is 2. The minimum absolute atomic E-state index is 0.0453. The van der Waals surface area contributed by atoms with Crippen molar-refractivity contribution < 1.29 is 14.4 Å². The molecule has 0 aromatic rings. The van der Waals surface area contributed by atoms with Gasteiger partial charge in [0, 0.05) is 35.8 Å². The van der Waals surface area contributed by atoms with Crippen molar-refractivity contribution in [1.29, 1.82) is 0 Å². The topological polar surface area (TPSA) is 69.7 Å². The maximum absolute atomic E-state index is 12.6. The minimum atomic E-state index is -0.527. The molecule has 0 aromatic carbocycles. The molecule has 1 atom stereocenters. The van der Waals surface area contributed by atoms with Gasteiger partial charge in [-0.2, -0.15) is 11.8 Å². The summed E-state index contributed by atoms with van der Waals surface area (Å²) in [6.07, 6.45) is 0. The van der Waals surface area contributed by atoms with Crippen molar-refractivity contribution in [3.05, 3.63) is 0 Å². The number of hydrogen-bond donors (Lipinski definition) is 1. The lowest BCUT2D eigenvalue weighted by Gasteiger charge is -2.32. The van der Waals surface area contributed by atoms with Gasteiger partial charge in [-0.1, -0.05) is 20.8 Å². The average Bonchev–Trinajstić information content (AvgIpc) is 3.01. The molecule has 8 heteroatoms. The largest absolute Gasteiger partial charge is 0.347 e. The Morgan fingerprint density at radius 2 is 1.78 bits per heavy atom. The van der Waals surface area contributed by atoms with E-state index in [0.29, 0.717) is 11.6 Å². The third-order valence-corrected chi connectivity index (χ3v) is 5.85. The van der Waals surface area contributed by atoms with Crippen LogP contribution in [-0.4, -0.2) is 76.3 Å². The zero-order chi connectivity index (χ0) is 17.0. The maximum Gasteiger partial charge on any atom is 0.246 e. The highest BCUT2D eigenvalue weighted by atomic mass is 32.2. The first-order valence-corrected chi connectivity index (χ1v) is 10.1. The number of rotatable bonds is 3. The summed E-state index contributed by atoms with van der Waals surface area (Å²) in [4.78, 5) is 40.4. The fraction of sp³-hybridized carbons (Fsp3) is 0.800. The van der Waals surface area contributed by atoms with Gasteiger partial charge in [0.05, 0.1) is 12.4 Å². The van der Waals surface area contributed by atoms with E-state index in [9.17, 15) is 14.4 Å². The van der Waals surface area contributed by atoms with Gasteiger partial charge in [-0.15, -0.1) is 11.8 Å². The molecule has 2 aliphatic heterocycles. The van der Waals surface area contributed by atoms with E-state index in [4.69, 9.17) is 0 Å². The van der Waals surface area contributed by atoms with Gasteiger partial charge in [0.15, 0.2) is 0 Å². The Balaban J connectivity index is 1.91. The van der Waals surface area contributed by atoms with Crippen LogP contribution in [0.3, 0.4) is 0 Å². The Morgan fingerprint density at radius 1 is 1.13 bits per heavy atom. The van der Waals surface area contributed by atoms with Crippen molar-refractivity contribution in [2.24, 2.45) is 5.41 Å². The molecular formula is C15H25N3O3S2. The van der Waals surface area contributed by atoms with E-state index in [1.165, 1.54) is 0 Å². The monoisotopic (exact) mass is 359 g/mol. The van der Waals surface area contributed by atoms with E-state index < -0.39 is 5.41 Å². The molecule has 0 spiro atoms. The van der Waals surface area contributed by atoms with E-state index in [0.717, 1.165) is 24.6 Å². The van der Waals surface area contributed by atoms with Gasteiger partial charge in [0.1, 0.15) is 6.04 Å². The molecule has 2 saturated heterocycles. The van der Waals surface area contributed by atoms with Crippen molar-refractivity contribution in [2.75, 3.05) is 42.8 Å². The van der Waals surface area contributed by atoms with Crippen LogP contribution in [0.25, 0.3) is 0 Å². The number of nitrogens with zero attached hydrogens (tertiary/aromatic N) is 2. The Hall–Kier alpha value is -0.890. The van der Waals surface area contributed by atoms with Crippen LogP contribution in [0.1, 0.15) is 20.8 Å². The summed E-state index contributed by atoms with van der Waals surface area (Å²) in [6.45, 7) is 6.88. The van der Waals surface area contributed by atoms with Gasteiger partial charge in [-0.3, -0.25) is 14.4 Å². The molecule has 3 amide bonds. The molecule has 23 heavy (non-hydrogen) atoms. The lowest BCUT2D eigenvalue weighted by atomic mass is 9.96. The normalized spacial score (nSPS) is 22.1. The number of nitrogens with one attached hydrogen (secondary N) is 1. The molecule has 0 bridgehead atoms. The second-order valence-electron chi connectivity index (χ2n) is 6.75. The molecule has 6 nitrogen and oxygen atoms in total. The van der Waals surface area contributed by atoms with Crippen molar-refractivity contribution >= 4 is 41.2 Å². The number of carbonyl (C=O) groups excluding carboxylic acids is 3. The quantitative estimate of drug-likeness (QED) is 0.800. The smallest absolute Gasteiger partial charge is 0.246 e. The molecule has 2 rings (SSSR count). The minimum Gasteiger partial charge on any atom is -0.347 e. The highest BCUT2D eigenvalue weighted by Crippen LogP contribution is 2.24. The van der Waals surface area contributed by atoms with Crippen LogP contribution < -0.4 is 5.32 Å². The van der Waals surface area contributed by atoms with Gasteiger partial charge >= 0.3 is 0 Å². The van der Waals surface area contributed by atoms with E-state index >= 15 is 0 Å². The Bertz CT molecular complexity index is 473. The Labute approximate surface area is 146 Å². The second kappa shape index (κ2) is 7.79. The summed E-state index contributed by atoms with van der Waals surface area (Å²) in [5.74, 6) is 2.78. The molecule has 2 fully saturated rings. The van der Waals surface area contributed by atoms with E-state index in [-0.39, 0.29) is 30.3 Å². The van der Waals surface area contributed by atoms with Crippen molar-refractivity contribution in [2.45, 2.75) is 26.8 Å². The summed E-state index contributed by atoms with van der Waals surface area (Å²) < 4.78 is 0. The van der Waals surface area contributed by atoms with Crippen LogP contribution >= 0.6 is 23.5 Å². The van der Waals surface area contributed by atoms with Crippen LogP contribution in [0.2, 0.25) is 0 Å². The third kappa shape index (κ3) is 4.79. The van der Waals surface area contributed by atoms with Gasteiger partial charge < -0.3 is 15.1 Å². The maximum atomic E-state index is 12.6. The van der Waals surface area contributed by atoms with Gasteiger partial charge in [0.25, 0.3) is 0 Å². The first-order chi connectivity index (χ1) is 10.8. The average molecular weight is 360 g/mol. The number of amides is 3. The van der Waals surface area contributed by atoms with Crippen molar-refractivity contribution in [1.82, 2.24) is 15.1 Å². The summed E-state index contributed by atoms with van der Waals surface area (Å²) in [5, 5.41) is 2.67. The number of carbonyl (C=O) groups is 3. The first kappa shape index (κ1) is 18.4. The molecule has 0 aromatic heterocycles. The van der Waals surface area contributed by atoms with Crippen LogP contribution in [0.15, 0.2) is 0 Å². The molecule has 2 heterocycles. The van der Waals surface area contributed by atoms with E-state index in [2.05, 4.69) is 5.32 Å². The molecule has 0 saturated carbocycles. The third-order valence-electron chi connectivity index (χ3n) is 3.89. The highest BCUT2D eigenvalue weighted by molar-refractivity contribution is 7.99. The summed E-state index contributed by atoms with van der Waals surface area (Å²) in [5.41, 5.74) is -0.527. The van der Waals surface area contributed by atoms with Crippen LogP contribution in [0, 0.1) is 5.41 Å². The second-order valence-corrected chi connectivity index (χ2v) is 8.97. The SMILES string of the molecule is CC(C)(C)C(=O)NCC(=O)N1CSCC1C(=O)N1CCSCC1. The van der Waals surface area contributed by atoms with Gasteiger partial charge in [0.2, 0.25) is 17.7 Å². The first-order valence-electron chi connectivity index (χ1n) is 7.83. The number of hydrogen-bond acceptors (Lipinski definition) is 5. The molecular weight excluding hydrogens is 334 g/mol. The zero-order valence-corrected chi connectivity index (χ0v) is 15.6. The highest BCUT2D eigenvalue weighted by Gasteiger charge is 2.37. The molecule has 2 aliphatic rings. The molecule has 1 unspecified atom stereocenters. The molecule has 0 radical (unpaired) electrons. The standard InChI is InChI=1S/C15H25N3O3S2/c1-15(2,3)14(21)16-8-12(19)18-10-23-9-11(18)13(20)17-4-6-22-7-5-17/h11H,4-10H2,1-3H3,(H,16,21). The van der Waals surface area contributed by atoms with Crippen LogP contribution in [-0.2, 0) is 14.4 Å². The fourth-order valence-corrected chi connectivity index (χ4v) is 4.49. The fourth-order valence-electron chi connectivity index (χ4n) is 2.41. The summed E-state index contributed by atoms with van der Waals surface area (Å²) in [7, 11) is 0. The summed E-state index contributed by atoms with van der Waals surface area (Å²) >= 11 is 3.44.